The van der Waals surface area contributed by atoms with Gasteiger partial charge in [0.2, 0.25) is 5.91 Å². The van der Waals surface area contributed by atoms with E-state index in [1.807, 2.05) is 36.6 Å². The maximum absolute atomic E-state index is 12.7. The summed E-state index contributed by atoms with van der Waals surface area (Å²) in [6, 6.07) is 7.74. The number of hydrogen-bond donors (Lipinski definition) is 1. The Bertz CT molecular complexity index is 770. The average molecular weight is 452 g/mol. The first kappa shape index (κ1) is 21.6. The minimum Gasteiger partial charge on any atom is -0.462 e. The van der Waals surface area contributed by atoms with Gasteiger partial charge in [0.1, 0.15) is 10.6 Å². The number of halogens is 1. The van der Waals surface area contributed by atoms with Crippen LogP contribution < -0.4 is 5.32 Å². The van der Waals surface area contributed by atoms with Crippen LogP contribution in [0, 0.1) is 5.92 Å². The van der Waals surface area contributed by atoms with E-state index in [1.54, 1.807) is 6.92 Å². The number of nitrogens with one attached hydrogen (secondary N) is 1. The summed E-state index contributed by atoms with van der Waals surface area (Å²) in [6.45, 7) is 6.21. The molecule has 4 nitrogen and oxygen atoms in total. The second-order valence-corrected chi connectivity index (χ2v) is 8.11. The van der Waals surface area contributed by atoms with Crippen LogP contribution in [0.25, 0.3) is 11.1 Å². The lowest BCUT2D eigenvalue weighted by atomic mass is 9.98. The summed E-state index contributed by atoms with van der Waals surface area (Å²) in [5, 5.41) is 5.44. The van der Waals surface area contributed by atoms with Gasteiger partial charge < -0.3 is 10.1 Å². The molecule has 0 fully saturated rings. The number of amides is 1. The molecule has 6 heteroatoms. The van der Waals surface area contributed by atoms with Crippen LogP contribution in [-0.2, 0) is 9.53 Å². The Hall–Kier alpha value is -1.66. The predicted molar refractivity (Wildman–Crippen MR) is 115 cm³/mol. The largest absolute Gasteiger partial charge is 0.462 e. The summed E-state index contributed by atoms with van der Waals surface area (Å²) in [5.74, 6) is -0.479. The number of rotatable bonds is 9. The maximum atomic E-state index is 12.7. The molecule has 0 saturated carbocycles. The van der Waals surface area contributed by atoms with E-state index in [2.05, 4.69) is 28.2 Å². The molecule has 0 radical (unpaired) electrons. The second-order valence-electron chi connectivity index (χ2n) is 6.32. The molecule has 0 spiro atoms. The molecule has 2 aromatic rings. The van der Waals surface area contributed by atoms with Crippen molar-refractivity contribution in [1.82, 2.24) is 0 Å². The third kappa shape index (κ3) is 5.66. The van der Waals surface area contributed by atoms with E-state index in [1.165, 1.54) is 11.3 Å². The zero-order valence-electron chi connectivity index (χ0n) is 16.0. The van der Waals surface area contributed by atoms with Gasteiger partial charge in [-0.15, -0.1) is 11.3 Å². The number of anilines is 1. The van der Waals surface area contributed by atoms with Gasteiger partial charge in [0.05, 0.1) is 6.61 Å². The van der Waals surface area contributed by atoms with E-state index in [-0.39, 0.29) is 18.4 Å². The summed E-state index contributed by atoms with van der Waals surface area (Å²) in [4.78, 5) is 25.3. The third-order valence-electron chi connectivity index (χ3n) is 4.43. The fraction of sp³-hybridized carbons (Fsp3) is 0.429. The Morgan fingerprint density at radius 2 is 1.89 bits per heavy atom. The fourth-order valence-electron chi connectivity index (χ4n) is 2.88. The van der Waals surface area contributed by atoms with E-state index in [0.717, 1.165) is 41.3 Å². The van der Waals surface area contributed by atoms with Crippen molar-refractivity contribution in [3.8, 4) is 11.1 Å². The van der Waals surface area contributed by atoms with Gasteiger partial charge in [-0.05, 0) is 37.5 Å². The molecule has 1 atom stereocenters. The number of benzene rings is 1. The molecule has 27 heavy (non-hydrogen) atoms. The highest BCUT2D eigenvalue weighted by Crippen LogP contribution is 2.37. The van der Waals surface area contributed by atoms with Crippen molar-refractivity contribution in [2.75, 3.05) is 11.9 Å². The molecule has 1 heterocycles. The Labute approximate surface area is 173 Å². The number of thiophene rings is 1. The van der Waals surface area contributed by atoms with Crippen LogP contribution in [0.15, 0.2) is 34.1 Å². The SMILES string of the molecule is CCCCC(CC)C(=O)Nc1scc(-c2ccc(Br)cc2)c1C(=O)OCC. The van der Waals surface area contributed by atoms with E-state index in [0.29, 0.717) is 10.6 Å². The summed E-state index contributed by atoms with van der Waals surface area (Å²) < 4.78 is 6.22. The number of carbonyl (C=O) groups excluding carboxylic acids is 2. The second kappa shape index (κ2) is 10.6. The first-order valence-electron chi connectivity index (χ1n) is 9.37. The third-order valence-corrected chi connectivity index (χ3v) is 5.86. The number of hydrogen-bond acceptors (Lipinski definition) is 4. The molecule has 0 aliphatic carbocycles. The van der Waals surface area contributed by atoms with Crippen LogP contribution in [-0.4, -0.2) is 18.5 Å². The van der Waals surface area contributed by atoms with Crippen LogP contribution in [0.5, 0.6) is 0 Å². The van der Waals surface area contributed by atoms with Crippen molar-refractivity contribution in [2.24, 2.45) is 5.92 Å². The van der Waals surface area contributed by atoms with Gasteiger partial charge in [-0.25, -0.2) is 4.79 Å². The molecule has 1 unspecified atom stereocenters. The molecule has 0 aliphatic rings. The molecule has 1 aromatic carbocycles. The van der Waals surface area contributed by atoms with Gasteiger partial charge in [-0.2, -0.15) is 0 Å². The van der Waals surface area contributed by atoms with Crippen LogP contribution in [0.2, 0.25) is 0 Å². The molecule has 0 bridgehead atoms. The molecule has 2 rings (SSSR count). The van der Waals surface area contributed by atoms with Crippen molar-refractivity contribution in [3.63, 3.8) is 0 Å². The summed E-state index contributed by atoms with van der Waals surface area (Å²) in [7, 11) is 0. The van der Waals surface area contributed by atoms with Crippen LogP contribution in [0.4, 0.5) is 5.00 Å². The van der Waals surface area contributed by atoms with Gasteiger partial charge in [0, 0.05) is 21.3 Å². The van der Waals surface area contributed by atoms with Crippen LogP contribution >= 0.6 is 27.3 Å². The van der Waals surface area contributed by atoms with Gasteiger partial charge in [-0.1, -0.05) is 54.8 Å². The predicted octanol–water partition coefficient (Wildman–Crippen LogP) is 6.51. The number of unbranched alkanes of at least 4 members (excludes halogenated alkanes) is 1. The van der Waals surface area contributed by atoms with Crippen molar-refractivity contribution < 1.29 is 14.3 Å². The summed E-state index contributed by atoms with van der Waals surface area (Å²) in [6.07, 6.45) is 3.72. The number of ether oxygens (including phenoxy) is 1. The van der Waals surface area contributed by atoms with Crippen molar-refractivity contribution in [2.45, 2.75) is 46.5 Å². The standard InChI is InChI=1S/C21H26BrNO3S/c1-4-7-8-14(5-2)19(24)23-20-18(21(25)26-6-3)17(13-27-20)15-9-11-16(22)12-10-15/h9-14H,4-8H2,1-3H3,(H,23,24). The van der Waals surface area contributed by atoms with Crippen molar-refractivity contribution in [1.29, 1.82) is 0 Å². The Balaban J connectivity index is 2.34. The van der Waals surface area contributed by atoms with Gasteiger partial charge in [0.15, 0.2) is 0 Å². The zero-order valence-corrected chi connectivity index (χ0v) is 18.4. The number of esters is 1. The minimum absolute atomic E-state index is 0.0271. The topological polar surface area (TPSA) is 55.4 Å². The summed E-state index contributed by atoms with van der Waals surface area (Å²) >= 11 is 4.79. The molecular weight excluding hydrogens is 426 g/mol. The van der Waals surface area contributed by atoms with Crippen molar-refractivity contribution in [3.05, 3.63) is 39.7 Å². The smallest absolute Gasteiger partial charge is 0.341 e. The minimum atomic E-state index is -0.409. The van der Waals surface area contributed by atoms with Crippen LogP contribution in [0.1, 0.15) is 56.8 Å². The lowest BCUT2D eigenvalue weighted by Gasteiger charge is -2.15. The lowest BCUT2D eigenvalue weighted by Crippen LogP contribution is -2.23. The fourth-order valence-corrected chi connectivity index (χ4v) is 4.11. The molecule has 146 valence electrons. The monoisotopic (exact) mass is 451 g/mol. The Morgan fingerprint density at radius 3 is 2.48 bits per heavy atom. The maximum Gasteiger partial charge on any atom is 0.341 e. The average Bonchev–Trinajstić information content (AvgIpc) is 3.06. The summed E-state index contributed by atoms with van der Waals surface area (Å²) in [5.41, 5.74) is 2.13. The molecule has 1 aromatic heterocycles. The normalized spacial score (nSPS) is 11.9. The van der Waals surface area contributed by atoms with E-state index >= 15 is 0 Å². The molecule has 1 N–H and O–H groups in total. The highest BCUT2D eigenvalue weighted by molar-refractivity contribution is 9.10. The Morgan fingerprint density at radius 1 is 1.19 bits per heavy atom. The van der Waals surface area contributed by atoms with Gasteiger partial charge in [0.25, 0.3) is 0 Å². The number of carbonyl (C=O) groups is 2. The van der Waals surface area contributed by atoms with E-state index < -0.39 is 5.97 Å². The van der Waals surface area contributed by atoms with E-state index in [4.69, 9.17) is 4.74 Å². The van der Waals surface area contributed by atoms with Gasteiger partial charge in [-0.3, -0.25) is 4.79 Å². The first-order valence-corrected chi connectivity index (χ1v) is 11.0. The van der Waals surface area contributed by atoms with Crippen molar-refractivity contribution >= 4 is 44.1 Å². The molecule has 1 amide bonds. The Kier molecular flexibility index (Phi) is 8.51. The first-order chi connectivity index (χ1) is 13.0. The highest BCUT2D eigenvalue weighted by atomic mass is 79.9. The quantitative estimate of drug-likeness (QED) is 0.442. The molecular formula is C21H26BrNO3S. The van der Waals surface area contributed by atoms with Gasteiger partial charge >= 0.3 is 5.97 Å². The molecule has 0 saturated heterocycles. The highest BCUT2D eigenvalue weighted by Gasteiger charge is 2.24. The van der Waals surface area contributed by atoms with E-state index in [9.17, 15) is 9.59 Å². The zero-order chi connectivity index (χ0) is 19.8. The lowest BCUT2D eigenvalue weighted by molar-refractivity contribution is -0.120. The molecule has 0 aliphatic heterocycles. The van der Waals surface area contributed by atoms with Crippen LogP contribution in [0.3, 0.4) is 0 Å².